The zero-order valence-corrected chi connectivity index (χ0v) is 22.8. The number of piperidine rings is 1. The normalized spacial score (nSPS) is 15.1. The number of aryl methyl sites for hydroxylation is 1. The molecule has 4 aromatic rings. The van der Waals surface area contributed by atoms with Gasteiger partial charge in [-0.1, -0.05) is 12.1 Å². The number of rotatable bonds is 11. The monoisotopic (exact) mass is 553 g/mol. The summed E-state index contributed by atoms with van der Waals surface area (Å²) in [7, 11) is 1.46. The van der Waals surface area contributed by atoms with Crippen molar-refractivity contribution in [3.8, 4) is 5.75 Å². The number of thiophene rings is 2. The number of carboxylic acids is 1. The van der Waals surface area contributed by atoms with Crippen molar-refractivity contribution in [2.45, 2.75) is 44.6 Å². The summed E-state index contributed by atoms with van der Waals surface area (Å²) in [5, 5.41) is 17.5. The summed E-state index contributed by atoms with van der Waals surface area (Å²) in [6, 6.07) is 10.2. The lowest BCUT2D eigenvalue weighted by Crippen LogP contribution is -2.41. The van der Waals surface area contributed by atoms with Gasteiger partial charge in [-0.2, -0.15) is 0 Å². The summed E-state index contributed by atoms with van der Waals surface area (Å²) >= 11 is 3.22. The van der Waals surface area contributed by atoms with Crippen molar-refractivity contribution in [1.82, 2.24) is 15.6 Å². The molecule has 1 fully saturated rings. The number of methoxy groups -OCH3 is 1. The van der Waals surface area contributed by atoms with E-state index >= 15 is 0 Å². The Bertz CT molecular complexity index is 1430. The highest BCUT2D eigenvalue weighted by Crippen LogP contribution is 2.36. The molecule has 4 N–H and O–H groups in total. The van der Waals surface area contributed by atoms with Crippen LogP contribution in [-0.4, -0.2) is 54.0 Å². The first-order chi connectivity index (χ1) is 18.4. The van der Waals surface area contributed by atoms with Crippen molar-refractivity contribution in [1.29, 1.82) is 0 Å². The molecular formula is C28H31N3O5S2. The molecule has 200 valence electrons. The maximum absolute atomic E-state index is 12.9. The number of H-pyrrole nitrogens is 1. The molecule has 8 nitrogen and oxygen atoms in total. The lowest BCUT2D eigenvalue weighted by atomic mass is 9.93. The quantitative estimate of drug-likeness (QED) is 0.189. The van der Waals surface area contributed by atoms with E-state index in [9.17, 15) is 19.5 Å². The second-order valence-electron chi connectivity index (χ2n) is 9.70. The molecule has 38 heavy (non-hydrogen) atoms. The molecular weight excluding hydrogens is 522 g/mol. The second-order valence-corrected chi connectivity index (χ2v) is 12.2. The summed E-state index contributed by atoms with van der Waals surface area (Å²) in [5.74, 6) is -0.753. The number of Topliss-reactive ketones (excluding diaryl/α,β-unsaturated/α-hetero) is 1. The molecule has 1 saturated heterocycles. The Kier molecular flexibility index (Phi) is 8.11. The Morgan fingerprint density at radius 1 is 1.16 bits per heavy atom. The molecule has 0 radical (unpaired) electrons. The Morgan fingerprint density at radius 2 is 1.95 bits per heavy atom. The smallest absolute Gasteiger partial charge is 0.326 e. The van der Waals surface area contributed by atoms with Crippen LogP contribution in [0.5, 0.6) is 5.75 Å². The third-order valence-corrected chi connectivity index (χ3v) is 9.64. The summed E-state index contributed by atoms with van der Waals surface area (Å²) < 4.78 is 6.53. The average molecular weight is 554 g/mol. The van der Waals surface area contributed by atoms with Crippen molar-refractivity contribution in [3.63, 3.8) is 0 Å². The Balaban J connectivity index is 1.19. The van der Waals surface area contributed by atoms with Crippen molar-refractivity contribution < 1.29 is 24.2 Å². The van der Waals surface area contributed by atoms with Gasteiger partial charge in [0.25, 0.3) is 5.91 Å². The van der Waals surface area contributed by atoms with E-state index in [-0.39, 0.29) is 24.3 Å². The molecule has 5 rings (SSSR count). The SMILES string of the molecule is COc1c(C(=O)N[C@@H](CCC(=O)c2cc3cc(CCC4CCNCC4)sc3s2)C(=O)O)[nH]c2ccccc12. The fourth-order valence-electron chi connectivity index (χ4n) is 5.04. The first-order valence-corrected chi connectivity index (χ1v) is 14.5. The molecule has 0 saturated carbocycles. The number of hydrogen-bond acceptors (Lipinski definition) is 7. The Labute approximate surface area is 228 Å². The Hall–Kier alpha value is -3.21. The minimum Gasteiger partial charge on any atom is -0.494 e. The third kappa shape index (κ3) is 5.77. The number of fused-ring (bicyclic) bond motifs is 2. The van der Waals surface area contributed by atoms with Crippen LogP contribution in [0.2, 0.25) is 0 Å². The van der Waals surface area contributed by atoms with Crippen LogP contribution in [0.3, 0.4) is 0 Å². The number of ketones is 1. The average Bonchev–Trinajstić information content (AvgIpc) is 3.61. The molecule has 3 aromatic heterocycles. The number of carbonyl (C=O) groups excluding carboxylic acids is 2. The van der Waals surface area contributed by atoms with Gasteiger partial charge in [-0.3, -0.25) is 9.59 Å². The van der Waals surface area contributed by atoms with E-state index < -0.39 is 17.9 Å². The molecule has 0 unspecified atom stereocenters. The summed E-state index contributed by atoms with van der Waals surface area (Å²) in [6.45, 7) is 2.22. The van der Waals surface area contributed by atoms with Gasteiger partial charge in [0.05, 0.1) is 16.0 Å². The number of aromatic amines is 1. The van der Waals surface area contributed by atoms with Crippen LogP contribution in [0.25, 0.3) is 20.3 Å². The highest BCUT2D eigenvalue weighted by molar-refractivity contribution is 7.39. The van der Waals surface area contributed by atoms with Crippen molar-refractivity contribution in [3.05, 3.63) is 51.8 Å². The van der Waals surface area contributed by atoms with Gasteiger partial charge in [0.2, 0.25) is 0 Å². The predicted molar refractivity (Wildman–Crippen MR) is 151 cm³/mol. The van der Waals surface area contributed by atoms with Gasteiger partial charge in [0.1, 0.15) is 11.7 Å². The van der Waals surface area contributed by atoms with E-state index in [1.54, 1.807) is 11.3 Å². The van der Waals surface area contributed by atoms with E-state index in [1.807, 2.05) is 30.3 Å². The fourth-order valence-corrected chi connectivity index (χ4v) is 7.52. The van der Waals surface area contributed by atoms with Crippen LogP contribution in [0, 0.1) is 5.92 Å². The molecule has 10 heteroatoms. The van der Waals surface area contributed by atoms with Crippen LogP contribution in [0.15, 0.2) is 36.4 Å². The number of para-hydroxylation sites is 1. The number of ether oxygens (including phenoxy) is 1. The molecule has 1 aliphatic heterocycles. The first-order valence-electron chi connectivity index (χ1n) is 12.9. The van der Waals surface area contributed by atoms with Gasteiger partial charge in [0, 0.05) is 27.6 Å². The standard InChI is InChI=1S/C28H31N3O5S2/c1-36-25-19-4-2-3-5-20(19)30-24(25)26(33)31-21(27(34)35)8-9-22(32)23-15-17-14-18(37-28(17)38-23)7-6-16-10-12-29-13-11-16/h2-5,14-16,21,29-30H,6-13H2,1H3,(H,31,33)(H,34,35)/t21-/m0/s1. The first kappa shape index (κ1) is 26.4. The Morgan fingerprint density at radius 3 is 2.68 bits per heavy atom. The maximum Gasteiger partial charge on any atom is 0.326 e. The van der Waals surface area contributed by atoms with Crippen LogP contribution < -0.4 is 15.4 Å². The van der Waals surface area contributed by atoms with Crippen LogP contribution in [0.1, 0.15) is 57.1 Å². The predicted octanol–water partition coefficient (Wildman–Crippen LogP) is 5.23. The zero-order chi connectivity index (χ0) is 26.6. The zero-order valence-electron chi connectivity index (χ0n) is 21.2. The highest BCUT2D eigenvalue weighted by atomic mass is 32.2. The second kappa shape index (κ2) is 11.7. The lowest BCUT2D eigenvalue weighted by molar-refractivity contribution is -0.139. The van der Waals surface area contributed by atoms with E-state index in [2.05, 4.69) is 21.7 Å². The van der Waals surface area contributed by atoms with Gasteiger partial charge in [0.15, 0.2) is 11.5 Å². The number of aliphatic carboxylic acids is 1. The lowest BCUT2D eigenvalue weighted by Gasteiger charge is -2.22. The van der Waals surface area contributed by atoms with Gasteiger partial charge >= 0.3 is 5.97 Å². The molecule has 1 atom stereocenters. The molecule has 0 aliphatic carbocycles. The molecule has 1 aliphatic rings. The molecule has 4 heterocycles. The fraction of sp³-hybridized carbons (Fsp3) is 0.393. The van der Waals surface area contributed by atoms with Gasteiger partial charge < -0.3 is 25.5 Å². The minimum absolute atomic E-state index is 0.00447. The van der Waals surface area contributed by atoms with Crippen LogP contribution in [-0.2, 0) is 11.2 Å². The molecule has 0 spiro atoms. The molecule has 0 bridgehead atoms. The number of aromatic nitrogens is 1. The van der Waals surface area contributed by atoms with Crippen LogP contribution >= 0.6 is 22.7 Å². The van der Waals surface area contributed by atoms with Crippen molar-refractivity contribution in [2.24, 2.45) is 5.92 Å². The number of nitrogens with one attached hydrogen (secondary N) is 3. The summed E-state index contributed by atoms with van der Waals surface area (Å²) in [4.78, 5) is 42.7. The van der Waals surface area contributed by atoms with E-state index in [4.69, 9.17) is 4.74 Å². The number of hydrogen-bond donors (Lipinski definition) is 4. The third-order valence-electron chi connectivity index (χ3n) is 7.15. The highest BCUT2D eigenvalue weighted by Gasteiger charge is 2.26. The van der Waals surface area contributed by atoms with Crippen molar-refractivity contribution in [2.75, 3.05) is 20.2 Å². The summed E-state index contributed by atoms with van der Waals surface area (Å²) in [5.41, 5.74) is 0.865. The van der Waals surface area contributed by atoms with Gasteiger partial charge in [-0.25, -0.2) is 4.79 Å². The largest absolute Gasteiger partial charge is 0.494 e. The van der Waals surface area contributed by atoms with Crippen LogP contribution in [0.4, 0.5) is 0 Å². The topological polar surface area (TPSA) is 121 Å². The van der Waals surface area contributed by atoms with Crippen molar-refractivity contribution >= 4 is 60.6 Å². The van der Waals surface area contributed by atoms with E-state index in [0.717, 1.165) is 40.2 Å². The van der Waals surface area contributed by atoms with Gasteiger partial charge in [-0.15, -0.1) is 22.7 Å². The molecule has 1 amide bonds. The molecule has 1 aromatic carbocycles. The van der Waals surface area contributed by atoms with E-state index in [1.165, 1.54) is 42.6 Å². The number of carboxylic acid groups (broad SMARTS) is 1. The summed E-state index contributed by atoms with van der Waals surface area (Å²) in [6.07, 6.45) is 4.78. The maximum atomic E-state index is 12.9. The number of carbonyl (C=O) groups is 3. The van der Waals surface area contributed by atoms with Gasteiger partial charge in [-0.05, 0) is 75.4 Å². The number of amides is 1. The number of benzene rings is 1. The minimum atomic E-state index is -1.20. The van der Waals surface area contributed by atoms with E-state index in [0.29, 0.717) is 16.1 Å².